The van der Waals surface area contributed by atoms with Crippen LogP contribution in [0.1, 0.15) is 44.3 Å². The van der Waals surface area contributed by atoms with Crippen LogP contribution in [0.4, 0.5) is 5.69 Å². The highest BCUT2D eigenvalue weighted by atomic mass is 16.6. The van der Waals surface area contributed by atoms with E-state index in [0.717, 1.165) is 12.0 Å². The number of hydrogen-bond donors (Lipinski definition) is 0. The highest BCUT2D eigenvalue weighted by Gasteiger charge is 2.23. The van der Waals surface area contributed by atoms with Crippen molar-refractivity contribution in [1.82, 2.24) is 0 Å². The van der Waals surface area contributed by atoms with Gasteiger partial charge in [-0.1, -0.05) is 26.2 Å². The Kier molecular flexibility index (Phi) is 5.49. The predicted molar refractivity (Wildman–Crippen MR) is 75.7 cm³/mol. The summed E-state index contributed by atoms with van der Waals surface area (Å²) in [7, 11) is 0. The van der Waals surface area contributed by atoms with Gasteiger partial charge in [0.25, 0.3) is 5.69 Å². The molecule has 0 amide bonds. The van der Waals surface area contributed by atoms with Crippen molar-refractivity contribution in [2.45, 2.75) is 44.8 Å². The van der Waals surface area contributed by atoms with Gasteiger partial charge in [0.15, 0.2) is 0 Å². The van der Waals surface area contributed by atoms with Gasteiger partial charge in [0, 0.05) is 12.1 Å². The molecular formula is C15H21NO4. The van der Waals surface area contributed by atoms with Gasteiger partial charge in [-0.25, -0.2) is 0 Å². The van der Waals surface area contributed by atoms with Gasteiger partial charge in [-0.2, -0.15) is 0 Å². The molecule has 1 aromatic carbocycles. The molecule has 0 bridgehead atoms. The van der Waals surface area contributed by atoms with Gasteiger partial charge in [0.1, 0.15) is 6.10 Å². The molecular weight excluding hydrogens is 258 g/mol. The van der Waals surface area contributed by atoms with Gasteiger partial charge in [-0.15, -0.1) is 0 Å². The minimum atomic E-state index is -0.397. The Morgan fingerprint density at radius 3 is 2.50 bits per heavy atom. The van der Waals surface area contributed by atoms with Gasteiger partial charge < -0.3 is 9.47 Å². The Morgan fingerprint density at radius 2 is 1.95 bits per heavy atom. The molecule has 1 aromatic rings. The van der Waals surface area contributed by atoms with Gasteiger partial charge in [-0.05, 0) is 24.1 Å². The Labute approximate surface area is 119 Å². The molecule has 2 atom stereocenters. The van der Waals surface area contributed by atoms with Crippen LogP contribution in [0.3, 0.4) is 0 Å². The fourth-order valence-electron chi connectivity index (χ4n) is 2.33. The first-order valence-corrected chi connectivity index (χ1v) is 7.18. The summed E-state index contributed by atoms with van der Waals surface area (Å²) < 4.78 is 11.6. The van der Waals surface area contributed by atoms with Crippen LogP contribution in [-0.2, 0) is 9.47 Å². The molecule has 5 heteroatoms. The minimum absolute atomic E-state index is 0.0999. The minimum Gasteiger partial charge on any atom is -0.373 e. The molecule has 0 N–H and O–H groups in total. The van der Waals surface area contributed by atoms with Crippen molar-refractivity contribution in [2.24, 2.45) is 0 Å². The van der Waals surface area contributed by atoms with E-state index in [0.29, 0.717) is 13.2 Å². The second-order valence-electron chi connectivity index (χ2n) is 5.12. The molecule has 1 aliphatic heterocycles. The predicted octanol–water partition coefficient (Wildman–Crippen LogP) is 3.63. The lowest BCUT2D eigenvalue weighted by atomic mass is 10.1. The van der Waals surface area contributed by atoms with Crippen LogP contribution in [0.5, 0.6) is 0 Å². The molecule has 0 aromatic heterocycles. The first kappa shape index (κ1) is 14.9. The molecule has 20 heavy (non-hydrogen) atoms. The van der Waals surface area contributed by atoms with Gasteiger partial charge in [-0.3, -0.25) is 10.1 Å². The summed E-state index contributed by atoms with van der Waals surface area (Å²) >= 11 is 0. The summed E-state index contributed by atoms with van der Waals surface area (Å²) in [6.07, 6.45) is 4.73. The third-order valence-corrected chi connectivity index (χ3v) is 3.57. The molecule has 1 heterocycles. The maximum absolute atomic E-state index is 10.6. The maximum Gasteiger partial charge on any atom is 0.269 e. The van der Waals surface area contributed by atoms with Gasteiger partial charge in [0.2, 0.25) is 0 Å². The molecule has 0 radical (unpaired) electrons. The standard InChI is InChI=1S/C15H21NO4/c1-2-3-4-5-14-10-20-15(11-19-14)12-6-8-13(9-7-12)16(17)18/h6-9,14-15H,2-5,10-11H2,1H3. The van der Waals surface area contributed by atoms with Crippen molar-refractivity contribution in [2.75, 3.05) is 13.2 Å². The molecule has 0 spiro atoms. The van der Waals surface area contributed by atoms with Crippen LogP contribution in [0, 0.1) is 10.1 Å². The summed E-state index contributed by atoms with van der Waals surface area (Å²) in [6.45, 7) is 3.31. The zero-order valence-corrected chi connectivity index (χ0v) is 11.8. The number of benzene rings is 1. The van der Waals surface area contributed by atoms with Gasteiger partial charge >= 0.3 is 0 Å². The molecule has 110 valence electrons. The third-order valence-electron chi connectivity index (χ3n) is 3.57. The molecule has 2 rings (SSSR count). The van der Waals surface area contributed by atoms with Crippen molar-refractivity contribution in [3.63, 3.8) is 0 Å². The number of hydrogen-bond acceptors (Lipinski definition) is 4. The van der Waals surface area contributed by atoms with E-state index in [1.165, 1.54) is 31.4 Å². The molecule has 5 nitrogen and oxygen atoms in total. The molecule has 1 aliphatic rings. The maximum atomic E-state index is 10.6. The first-order chi connectivity index (χ1) is 9.70. The van der Waals surface area contributed by atoms with Crippen molar-refractivity contribution < 1.29 is 14.4 Å². The molecule has 0 saturated carbocycles. The van der Waals surface area contributed by atoms with Crippen molar-refractivity contribution in [1.29, 1.82) is 0 Å². The summed E-state index contributed by atoms with van der Waals surface area (Å²) in [5.74, 6) is 0. The second-order valence-corrected chi connectivity index (χ2v) is 5.12. The smallest absolute Gasteiger partial charge is 0.269 e. The van der Waals surface area contributed by atoms with Crippen molar-refractivity contribution in [3.8, 4) is 0 Å². The van der Waals surface area contributed by atoms with Crippen LogP contribution in [0.2, 0.25) is 0 Å². The largest absolute Gasteiger partial charge is 0.373 e. The monoisotopic (exact) mass is 279 g/mol. The number of nitro groups is 1. The molecule has 2 unspecified atom stereocenters. The van der Waals surface area contributed by atoms with E-state index in [2.05, 4.69) is 6.92 Å². The summed E-state index contributed by atoms with van der Waals surface area (Å²) in [5.41, 5.74) is 1.03. The lowest BCUT2D eigenvalue weighted by Gasteiger charge is -2.29. The Balaban J connectivity index is 1.82. The van der Waals surface area contributed by atoms with E-state index in [4.69, 9.17) is 9.47 Å². The van der Waals surface area contributed by atoms with E-state index >= 15 is 0 Å². The molecule has 1 saturated heterocycles. The molecule has 1 fully saturated rings. The van der Waals surface area contributed by atoms with E-state index in [1.807, 2.05) is 0 Å². The average molecular weight is 279 g/mol. The van der Waals surface area contributed by atoms with Gasteiger partial charge in [0.05, 0.1) is 24.2 Å². The van der Waals surface area contributed by atoms with Crippen LogP contribution in [0.15, 0.2) is 24.3 Å². The van der Waals surface area contributed by atoms with E-state index in [-0.39, 0.29) is 17.9 Å². The number of unbranched alkanes of at least 4 members (excludes halogenated alkanes) is 2. The Morgan fingerprint density at radius 1 is 1.20 bits per heavy atom. The quantitative estimate of drug-likeness (QED) is 0.453. The Bertz CT molecular complexity index is 424. The highest BCUT2D eigenvalue weighted by Crippen LogP contribution is 2.26. The SMILES string of the molecule is CCCCCC1COC(c2ccc([N+](=O)[O-])cc2)CO1. The zero-order valence-electron chi connectivity index (χ0n) is 11.8. The van der Waals surface area contributed by atoms with E-state index in [1.54, 1.807) is 12.1 Å². The van der Waals surface area contributed by atoms with E-state index in [9.17, 15) is 10.1 Å². The summed E-state index contributed by atoms with van der Waals surface area (Å²) in [5, 5.41) is 10.6. The lowest BCUT2D eigenvalue weighted by Crippen LogP contribution is -2.31. The Hall–Kier alpha value is -1.46. The fraction of sp³-hybridized carbons (Fsp3) is 0.600. The van der Waals surface area contributed by atoms with Crippen LogP contribution in [0.25, 0.3) is 0 Å². The normalized spacial score (nSPS) is 22.6. The van der Waals surface area contributed by atoms with E-state index < -0.39 is 4.92 Å². The van der Waals surface area contributed by atoms with Crippen LogP contribution < -0.4 is 0 Å². The number of rotatable bonds is 6. The first-order valence-electron chi connectivity index (χ1n) is 7.18. The van der Waals surface area contributed by atoms with Crippen molar-refractivity contribution >= 4 is 5.69 Å². The topological polar surface area (TPSA) is 61.6 Å². The van der Waals surface area contributed by atoms with Crippen molar-refractivity contribution in [3.05, 3.63) is 39.9 Å². The number of nitro benzene ring substituents is 1. The third kappa shape index (κ3) is 4.02. The number of ether oxygens (including phenoxy) is 2. The average Bonchev–Trinajstić information content (AvgIpc) is 2.48. The number of nitrogens with zero attached hydrogens (tertiary/aromatic N) is 1. The second kappa shape index (κ2) is 7.36. The van der Waals surface area contributed by atoms with Crippen LogP contribution in [-0.4, -0.2) is 24.2 Å². The lowest BCUT2D eigenvalue weighted by molar-refractivity contribution is -0.384. The molecule has 0 aliphatic carbocycles. The summed E-state index contributed by atoms with van der Waals surface area (Å²) in [4.78, 5) is 10.2. The highest BCUT2D eigenvalue weighted by molar-refractivity contribution is 5.33. The van der Waals surface area contributed by atoms with Crippen LogP contribution >= 0.6 is 0 Å². The summed E-state index contributed by atoms with van der Waals surface area (Å²) in [6, 6.07) is 6.49. The number of non-ortho nitro benzene ring substituents is 1. The zero-order chi connectivity index (χ0) is 14.4. The fourth-order valence-corrected chi connectivity index (χ4v) is 2.33.